The lowest BCUT2D eigenvalue weighted by Crippen LogP contribution is -2.44. The second kappa shape index (κ2) is 10.6. The summed E-state index contributed by atoms with van der Waals surface area (Å²) in [5, 5.41) is 3.16. The maximum atomic E-state index is 14.2. The molecule has 8 heteroatoms. The van der Waals surface area contributed by atoms with Gasteiger partial charge < -0.3 is 24.4 Å². The standard InChI is InChI=1S/C25H31FN2O5/c1-25(2,3)33-24(30)28-13-11-21(12-14-28)32-20-9-7-19(8-10-20)27-16-18-6-5-17(15-22(18)26)23(29)31-4/h5-10,15,21,27H,11-14,16H2,1-4H3. The number of anilines is 1. The molecule has 178 valence electrons. The smallest absolute Gasteiger partial charge is 0.410 e. The molecule has 7 nitrogen and oxygen atoms in total. The Morgan fingerprint density at radius 1 is 1.09 bits per heavy atom. The molecular weight excluding hydrogens is 427 g/mol. The van der Waals surface area contributed by atoms with E-state index in [0.717, 1.165) is 24.3 Å². The van der Waals surface area contributed by atoms with Crippen LogP contribution >= 0.6 is 0 Å². The Morgan fingerprint density at radius 2 is 1.76 bits per heavy atom. The molecule has 1 fully saturated rings. The molecule has 0 atom stereocenters. The number of likely N-dealkylation sites (tertiary alicyclic amines) is 1. The maximum Gasteiger partial charge on any atom is 0.410 e. The fourth-order valence-corrected chi connectivity index (χ4v) is 3.46. The SMILES string of the molecule is COC(=O)c1ccc(CNc2ccc(OC3CCN(C(=O)OC(C)(C)C)CC3)cc2)c(F)c1. The van der Waals surface area contributed by atoms with E-state index in [9.17, 15) is 14.0 Å². The fraction of sp³-hybridized carbons (Fsp3) is 0.440. The largest absolute Gasteiger partial charge is 0.490 e. The lowest BCUT2D eigenvalue weighted by atomic mass is 10.1. The summed E-state index contributed by atoms with van der Waals surface area (Å²) < 4.78 is 30.3. The molecule has 0 bridgehead atoms. The van der Waals surface area contributed by atoms with Gasteiger partial charge >= 0.3 is 12.1 Å². The summed E-state index contributed by atoms with van der Waals surface area (Å²) in [7, 11) is 1.26. The molecule has 33 heavy (non-hydrogen) atoms. The van der Waals surface area contributed by atoms with E-state index in [4.69, 9.17) is 9.47 Å². The van der Waals surface area contributed by atoms with E-state index < -0.39 is 17.4 Å². The Morgan fingerprint density at radius 3 is 2.33 bits per heavy atom. The molecule has 2 aromatic rings. The van der Waals surface area contributed by atoms with Crippen LogP contribution in [0.5, 0.6) is 5.75 Å². The van der Waals surface area contributed by atoms with Crippen LogP contribution in [0.15, 0.2) is 42.5 Å². The molecule has 0 saturated carbocycles. The van der Waals surface area contributed by atoms with Gasteiger partial charge in [-0.05, 0) is 57.2 Å². The minimum absolute atomic E-state index is 0.0323. The molecule has 0 aromatic heterocycles. The van der Waals surface area contributed by atoms with Crippen molar-refractivity contribution in [2.24, 2.45) is 0 Å². The third-order valence-corrected chi connectivity index (χ3v) is 5.21. The Balaban J connectivity index is 1.46. The molecule has 0 spiro atoms. The third kappa shape index (κ3) is 7.10. The van der Waals surface area contributed by atoms with Crippen molar-refractivity contribution >= 4 is 17.7 Å². The molecular formula is C25H31FN2O5. The van der Waals surface area contributed by atoms with Gasteiger partial charge in [0, 0.05) is 43.7 Å². The van der Waals surface area contributed by atoms with Crippen LogP contribution in [0.1, 0.15) is 49.5 Å². The van der Waals surface area contributed by atoms with Gasteiger partial charge in [0.15, 0.2) is 0 Å². The summed E-state index contributed by atoms with van der Waals surface area (Å²) in [5.41, 5.74) is 0.939. The van der Waals surface area contributed by atoms with Crippen LogP contribution in [0.25, 0.3) is 0 Å². The van der Waals surface area contributed by atoms with Crippen LogP contribution in [-0.4, -0.2) is 48.9 Å². The molecule has 3 rings (SSSR count). The highest BCUT2D eigenvalue weighted by molar-refractivity contribution is 5.89. The number of esters is 1. The van der Waals surface area contributed by atoms with Crippen molar-refractivity contribution in [2.45, 2.75) is 51.9 Å². The lowest BCUT2D eigenvalue weighted by molar-refractivity contribution is 0.0126. The summed E-state index contributed by atoms with van der Waals surface area (Å²) >= 11 is 0. The molecule has 0 aliphatic carbocycles. The summed E-state index contributed by atoms with van der Waals surface area (Å²) in [5.74, 6) is -0.299. The van der Waals surface area contributed by atoms with Crippen molar-refractivity contribution in [3.8, 4) is 5.75 Å². The normalized spacial score (nSPS) is 14.5. The zero-order valence-corrected chi connectivity index (χ0v) is 19.5. The van der Waals surface area contributed by atoms with Crippen LogP contribution in [0.3, 0.4) is 0 Å². The van der Waals surface area contributed by atoms with Crippen LogP contribution in [0, 0.1) is 5.82 Å². The van der Waals surface area contributed by atoms with Crippen LogP contribution in [0.2, 0.25) is 0 Å². The first-order valence-corrected chi connectivity index (χ1v) is 11.0. The number of ether oxygens (including phenoxy) is 3. The minimum atomic E-state index is -0.570. The van der Waals surface area contributed by atoms with E-state index in [1.54, 1.807) is 11.0 Å². The van der Waals surface area contributed by atoms with Crippen molar-refractivity contribution in [3.05, 3.63) is 59.4 Å². The number of amides is 1. The Kier molecular flexibility index (Phi) is 7.79. The van der Waals surface area contributed by atoms with Gasteiger partial charge in [-0.2, -0.15) is 0 Å². The average Bonchev–Trinajstić information content (AvgIpc) is 2.78. The lowest BCUT2D eigenvalue weighted by Gasteiger charge is -2.33. The average molecular weight is 459 g/mol. The monoisotopic (exact) mass is 458 g/mol. The summed E-state index contributed by atoms with van der Waals surface area (Å²) in [6.45, 7) is 7.04. The number of hydrogen-bond acceptors (Lipinski definition) is 6. The topological polar surface area (TPSA) is 77.1 Å². The summed E-state index contributed by atoms with van der Waals surface area (Å²) in [6.07, 6.45) is 1.22. The Hall–Kier alpha value is -3.29. The molecule has 1 aliphatic heterocycles. The zero-order valence-electron chi connectivity index (χ0n) is 19.5. The fourth-order valence-electron chi connectivity index (χ4n) is 3.46. The molecule has 0 radical (unpaired) electrons. The quantitative estimate of drug-likeness (QED) is 0.614. The number of carbonyl (C=O) groups is 2. The van der Waals surface area contributed by atoms with Gasteiger partial charge in [0.1, 0.15) is 23.3 Å². The highest BCUT2D eigenvalue weighted by atomic mass is 19.1. The zero-order chi connectivity index (χ0) is 24.0. The highest BCUT2D eigenvalue weighted by Crippen LogP contribution is 2.23. The Labute approximate surface area is 193 Å². The number of hydrogen-bond donors (Lipinski definition) is 1. The van der Waals surface area contributed by atoms with Crippen molar-refractivity contribution < 1.29 is 28.2 Å². The van der Waals surface area contributed by atoms with Crippen molar-refractivity contribution in [1.29, 1.82) is 0 Å². The van der Waals surface area contributed by atoms with Gasteiger partial charge in [-0.15, -0.1) is 0 Å². The Bertz CT molecular complexity index is 964. The molecule has 1 heterocycles. The molecule has 2 aromatic carbocycles. The second-order valence-corrected chi connectivity index (χ2v) is 8.96. The predicted molar refractivity (Wildman–Crippen MR) is 123 cm³/mol. The van der Waals surface area contributed by atoms with Gasteiger partial charge in [0.05, 0.1) is 12.7 Å². The molecule has 1 N–H and O–H groups in total. The number of nitrogens with one attached hydrogen (secondary N) is 1. The first-order chi connectivity index (χ1) is 15.6. The van der Waals surface area contributed by atoms with Crippen molar-refractivity contribution in [2.75, 3.05) is 25.5 Å². The van der Waals surface area contributed by atoms with E-state index in [-0.39, 0.29) is 24.3 Å². The number of nitrogens with zero attached hydrogens (tertiary/aromatic N) is 1. The first kappa shape index (κ1) is 24.4. The highest BCUT2D eigenvalue weighted by Gasteiger charge is 2.27. The minimum Gasteiger partial charge on any atom is -0.490 e. The van der Waals surface area contributed by atoms with Gasteiger partial charge in [0.25, 0.3) is 0 Å². The van der Waals surface area contributed by atoms with Crippen LogP contribution in [-0.2, 0) is 16.0 Å². The van der Waals surface area contributed by atoms with Gasteiger partial charge in [-0.3, -0.25) is 0 Å². The summed E-state index contributed by atoms with van der Waals surface area (Å²) in [4.78, 5) is 25.4. The number of rotatable bonds is 6. The van der Waals surface area contributed by atoms with E-state index in [0.29, 0.717) is 18.7 Å². The van der Waals surface area contributed by atoms with E-state index >= 15 is 0 Å². The predicted octanol–water partition coefficient (Wildman–Crippen LogP) is 5.00. The number of piperidine rings is 1. The van der Waals surface area contributed by atoms with E-state index in [1.165, 1.54) is 19.2 Å². The van der Waals surface area contributed by atoms with Gasteiger partial charge in [-0.1, -0.05) is 6.07 Å². The molecule has 1 amide bonds. The maximum absolute atomic E-state index is 14.2. The van der Waals surface area contributed by atoms with Crippen molar-refractivity contribution in [1.82, 2.24) is 4.90 Å². The van der Waals surface area contributed by atoms with Crippen molar-refractivity contribution in [3.63, 3.8) is 0 Å². The molecule has 1 saturated heterocycles. The van der Waals surface area contributed by atoms with E-state index in [2.05, 4.69) is 10.1 Å². The van der Waals surface area contributed by atoms with Gasteiger partial charge in [0.2, 0.25) is 0 Å². The van der Waals surface area contributed by atoms with Crippen LogP contribution in [0.4, 0.5) is 14.9 Å². The molecule has 1 aliphatic rings. The third-order valence-electron chi connectivity index (χ3n) is 5.21. The number of methoxy groups -OCH3 is 1. The van der Waals surface area contributed by atoms with E-state index in [1.807, 2.05) is 45.0 Å². The second-order valence-electron chi connectivity index (χ2n) is 8.96. The molecule has 0 unspecified atom stereocenters. The number of benzene rings is 2. The number of carbonyl (C=O) groups excluding carboxylic acids is 2. The van der Waals surface area contributed by atoms with Crippen LogP contribution < -0.4 is 10.1 Å². The number of halogens is 1. The van der Waals surface area contributed by atoms with Gasteiger partial charge in [-0.25, -0.2) is 14.0 Å². The summed E-state index contributed by atoms with van der Waals surface area (Å²) in [6, 6.07) is 11.7. The first-order valence-electron chi connectivity index (χ1n) is 11.0.